The first-order valence-corrected chi connectivity index (χ1v) is 6.61. The molecule has 0 aromatic carbocycles. The molecule has 1 unspecified atom stereocenters. The summed E-state index contributed by atoms with van der Waals surface area (Å²) in [7, 11) is 1.95. The van der Waals surface area contributed by atoms with Gasteiger partial charge in [0.25, 0.3) is 0 Å². The number of nitrogens with one attached hydrogen (secondary N) is 1. The summed E-state index contributed by atoms with van der Waals surface area (Å²) in [5.41, 5.74) is 0. The van der Waals surface area contributed by atoms with Crippen LogP contribution < -0.4 is 5.32 Å². The van der Waals surface area contributed by atoms with E-state index in [4.69, 9.17) is 0 Å². The molecular weight excluding hydrogens is 320 g/mol. The quantitative estimate of drug-likeness (QED) is 0.904. The Hall–Kier alpha value is -0.590. The second-order valence-corrected chi connectivity index (χ2v) is 5.24. The van der Waals surface area contributed by atoms with Crippen molar-refractivity contribution in [1.82, 2.24) is 20.0 Å². The molecule has 0 saturated carbocycles. The van der Waals surface area contributed by atoms with E-state index in [2.05, 4.69) is 26.3 Å². The third kappa shape index (κ3) is 3.96. The Balaban J connectivity index is 0.00000162. The van der Waals surface area contributed by atoms with Gasteiger partial charge in [0.1, 0.15) is 6.54 Å². The lowest BCUT2D eigenvalue weighted by Crippen LogP contribution is -2.47. The summed E-state index contributed by atoms with van der Waals surface area (Å²) >= 11 is 3.32. The van der Waals surface area contributed by atoms with E-state index < -0.39 is 0 Å². The van der Waals surface area contributed by atoms with E-state index in [1.807, 2.05) is 18.1 Å². The van der Waals surface area contributed by atoms with Crippen LogP contribution in [0.15, 0.2) is 16.9 Å². The van der Waals surface area contributed by atoms with Gasteiger partial charge in [-0.25, -0.2) is 0 Å². The molecule has 102 valence electrons. The summed E-state index contributed by atoms with van der Waals surface area (Å²) in [6.45, 7) is 1.99. The highest BCUT2D eigenvalue weighted by atomic mass is 79.9. The molecule has 1 atom stereocenters. The van der Waals surface area contributed by atoms with Crippen molar-refractivity contribution in [2.24, 2.45) is 0 Å². The standard InChI is InChI=1S/C11H17BrN4O.ClH/c1-13-10-3-2-4-15(7-10)11(17)8-16-6-9(12)5-14-16;/h5-6,10,13H,2-4,7-8H2,1H3;1H. The van der Waals surface area contributed by atoms with E-state index >= 15 is 0 Å². The lowest BCUT2D eigenvalue weighted by molar-refractivity contribution is -0.133. The van der Waals surface area contributed by atoms with Crippen LogP contribution in [0.1, 0.15) is 12.8 Å². The van der Waals surface area contributed by atoms with Crippen molar-refractivity contribution in [3.63, 3.8) is 0 Å². The molecule has 0 radical (unpaired) electrons. The highest BCUT2D eigenvalue weighted by Crippen LogP contribution is 2.11. The molecule has 1 aliphatic rings. The maximum Gasteiger partial charge on any atom is 0.244 e. The predicted octanol–water partition coefficient (Wildman–Crippen LogP) is 1.28. The van der Waals surface area contributed by atoms with Gasteiger partial charge in [-0.1, -0.05) is 0 Å². The van der Waals surface area contributed by atoms with E-state index in [1.165, 1.54) is 0 Å². The monoisotopic (exact) mass is 336 g/mol. The number of likely N-dealkylation sites (N-methyl/N-ethyl adjacent to an activating group) is 1. The molecule has 1 saturated heterocycles. The van der Waals surface area contributed by atoms with Crippen LogP contribution in [0.5, 0.6) is 0 Å². The molecule has 1 aromatic heterocycles. The van der Waals surface area contributed by atoms with Crippen molar-refractivity contribution in [3.05, 3.63) is 16.9 Å². The van der Waals surface area contributed by atoms with E-state index in [0.29, 0.717) is 12.6 Å². The molecule has 5 nitrogen and oxygen atoms in total. The Morgan fingerprint density at radius 2 is 2.44 bits per heavy atom. The average molecular weight is 338 g/mol. The van der Waals surface area contributed by atoms with Gasteiger partial charge >= 0.3 is 0 Å². The molecule has 2 rings (SSSR count). The van der Waals surface area contributed by atoms with E-state index in [-0.39, 0.29) is 18.3 Å². The predicted molar refractivity (Wildman–Crippen MR) is 75.8 cm³/mol. The zero-order valence-corrected chi connectivity index (χ0v) is 12.7. The van der Waals surface area contributed by atoms with Gasteiger partial charge in [0, 0.05) is 25.3 Å². The van der Waals surface area contributed by atoms with Crippen LogP contribution in [0, 0.1) is 0 Å². The van der Waals surface area contributed by atoms with Crippen LogP contribution in [-0.4, -0.2) is 46.8 Å². The molecule has 1 amide bonds. The minimum Gasteiger partial charge on any atom is -0.340 e. The van der Waals surface area contributed by atoms with Crippen molar-refractivity contribution in [2.45, 2.75) is 25.4 Å². The van der Waals surface area contributed by atoms with Gasteiger partial charge in [0.2, 0.25) is 5.91 Å². The molecular formula is C11H18BrClN4O. The number of rotatable bonds is 3. The first-order valence-electron chi connectivity index (χ1n) is 5.82. The molecule has 1 N–H and O–H groups in total. The highest BCUT2D eigenvalue weighted by molar-refractivity contribution is 9.10. The smallest absolute Gasteiger partial charge is 0.244 e. The average Bonchev–Trinajstić information content (AvgIpc) is 2.75. The van der Waals surface area contributed by atoms with Crippen molar-refractivity contribution < 1.29 is 4.79 Å². The molecule has 7 heteroatoms. The number of likely N-dealkylation sites (tertiary alicyclic amines) is 1. The summed E-state index contributed by atoms with van der Waals surface area (Å²) in [5, 5.41) is 7.33. The van der Waals surface area contributed by atoms with Crippen LogP contribution in [0.2, 0.25) is 0 Å². The number of piperidine rings is 1. The van der Waals surface area contributed by atoms with Crippen molar-refractivity contribution in [1.29, 1.82) is 0 Å². The second-order valence-electron chi connectivity index (χ2n) is 4.32. The molecule has 0 aliphatic carbocycles. The molecule has 1 aromatic rings. The minimum atomic E-state index is 0. The number of halogens is 2. The first kappa shape index (κ1) is 15.5. The number of nitrogens with zero attached hydrogens (tertiary/aromatic N) is 3. The van der Waals surface area contributed by atoms with Crippen LogP contribution in [-0.2, 0) is 11.3 Å². The number of amides is 1. The number of carbonyl (C=O) groups excluding carboxylic acids is 1. The van der Waals surface area contributed by atoms with Crippen LogP contribution in [0.25, 0.3) is 0 Å². The third-order valence-electron chi connectivity index (χ3n) is 3.08. The zero-order chi connectivity index (χ0) is 12.3. The van der Waals surface area contributed by atoms with E-state index in [9.17, 15) is 4.79 Å². The van der Waals surface area contributed by atoms with Crippen LogP contribution >= 0.6 is 28.3 Å². The van der Waals surface area contributed by atoms with Crippen molar-refractivity contribution >= 4 is 34.2 Å². The fourth-order valence-corrected chi connectivity index (χ4v) is 2.43. The van der Waals surface area contributed by atoms with Gasteiger partial charge < -0.3 is 10.2 Å². The lowest BCUT2D eigenvalue weighted by Gasteiger charge is -2.32. The Kier molecular flexibility index (Phi) is 6.11. The molecule has 18 heavy (non-hydrogen) atoms. The zero-order valence-electron chi connectivity index (χ0n) is 10.3. The van der Waals surface area contributed by atoms with Gasteiger partial charge in [-0.3, -0.25) is 9.48 Å². The van der Waals surface area contributed by atoms with Gasteiger partial charge in [-0.15, -0.1) is 12.4 Å². The maximum absolute atomic E-state index is 12.1. The summed E-state index contributed by atoms with van der Waals surface area (Å²) in [4.78, 5) is 14.0. The molecule has 0 spiro atoms. The summed E-state index contributed by atoms with van der Waals surface area (Å²) in [6, 6.07) is 0.428. The van der Waals surface area contributed by atoms with Crippen LogP contribution in [0.3, 0.4) is 0 Å². The van der Waals surface area contributed by atoms with Crippen LogP contribution in [0.4, 0.5) is 0 Å². The number of aromatic nitrogens is 2. The molecule has 1 aliphatic heterocycles. The summed E-state index contributed by atoms with van der Waals surface area (Å²) in [5.74, 6) is 0.139. The second kappa shape index (κ2) is 7.11. The Bertz CT molecular complexity index is 398. The summed E-state index contributed by atoms with van der Waals surface area (Å²) in [6.07, 6.45) is 5.73. The first-order chi connectivity index (χ1) is 8.19. The Morgan fingerprint density at radius 1 is 1.67 bits per heavy atom. The minimum absolute atomic E-state index is 0. The van der Waals surface area contributed by atoms with Crippen molar-refractivity contribution in [3.8, 4) is 0 Å². The lowest BCUT2D eigenvalue weighted by atomic mass is 10.1. The van der Waals surface area contributed by atoms with Gasteiger partial charge in [0.05, 0.1) is 10.7 Å². The van der Waals surface area contributed by atoms with E-state index in [1.54, 1.807) is 10.9 Å². The fourth-order valence-electron chi connectivity index (χ4n) is 2.10. The fraction of sp³-hybridized carbons (Fsp3) is 0.636. The summed E-state index contributed by atoms with van der Waals surface area (Å²) < 4.78 is 2.56. The van der Waals surface area contributed by atoms with Gasteiger partial charge in [-0.05, 0) is 35.8 Å². The number of hydrogen-bond acceptors (Lipinski definition) is 3. The number of hydrogen-bond donors (Lipinski definition) is 1. The maximum atomic E-state index is 12.1. The molecule has 0 bridgehead atoms. The third-order valence-corrected chi connectivity index (χ3v) is 3.49. The molecule has 2 heterocycles. The Labute approximate surface area is 121 Å². The Morgan fingerprint density at radius 3 is 3.06 bits per heavy atom. The SMILES string of the molecule is CNC1CCCN(C(=O)Cn2cc(Br)cn2)C1.Cl. The van der Waals surface area contributed by atoms with Gasteiger partial charge in [0.15, 0.2) is 0 Å². The molecule has 1 fully saturated rings. The van der Waals surface area contributed by atoms with E-state index in [0.717, 1.165) is 30.4 Å². The normalized spacial score (nSPS) is 19.4. The van der Waals surface area contributed by atoms with Gasteiger partial charge in [-0.2, -0.15) is 5.10 Å². The largest absolute Gasteiger partial charge is 0.340 e. The number of carbonyl (C=O) groups is 1. The highest BCUT2D eigenvalue weighted by Gasteiger charge is 2.22. The topological polar surface area (TPSA) is 50.2 Å². The van der Waals surface area contributed by atoms with Crippen molar-refractivity contribution in [2.75, 3.05) is 20.1 Å².